The Morgan fingerprint density at radius 3 is 2.45 bits per heavy atom. The fourth-order valence-corrected chi connectivity index (χ4v) is 3.13. The lowest BCUT2D eigenvalue weighted by atomic mass is 10.1. The zero-order valence-electron chi connectivity index (χ0n) is 12.1. The Morgan fingerprint density at radius 1 is 1.32 bits per heavy atom. The average molecular weight is 305 g/mol. The molecule has 2 aliphatic rings. The van der Waals surface area contributed by atoms with Crippen molar-refractivity contribution >= 4 is 17.8 Å². The molecule has 0 aromatic heterocycles. The number of nitrogens with one attached hydrogen (secondary N) is 1. The normalized spacial score (nSPS) is 27.2. The second-order valence-electron chi connectivity index (χ2n) is 5.57. The van der Waals surface area contributed by atoms with Crippen LogP contribution >= 0.6 is 0 Å². The van der Waals surface area contributed by atoms with Crippen LogP contribution in [-0.2, 0) is 9.53 Å². The highest BCUT2D eigenvalue weighted by atomic mass is 16.5. The third-order valence-electron chi connectivity index (χ3n) is 4.22. The molecule has 0 bridgehead atoms. The molecule has 0 radical (unpaired) electrons. The number of likely N-dealkylation sites (tertiary alicyclic amines) is 1. The number of amides is 2. The van der Waals surface area contributed by atoms with Crippen LogP contribution < -0.4 is 4.90 Å². The second-order valence-corrected chi connectivity index (χ2v) is 5.57. The van der Waals surface area contributed by atoms with Crippen molar-refractivity contribution in [1.29, 1.82) is 0 Å². The van der Waals surface area contributed by atoms with Gasteiger partial charge in [-0.05, 0) is 12.1 Å². The molecule has 3 atom stereocenters. The number of fused-ring (bicyclic) bond motifs is 1. The maximum absolute atomic E-state index is 12.3. The van der Waals surface area contributed by atoms with Crippen molar-refractivity contribution in [2.45, 2.75) is 18.6 Å². The first kappa shape index (κ1) is 14.7. The van der Waals surface area contributed by atoms with E-state index in [1.54, 1.807) is 24.3 Å². The van der Waals surface area contributed by atoms with Gasteiger partial charge in [-0.2, -0.15) is 0 Å². The van der Waals surface area contributed by atoms with E-state index in [1.165, 1.54) is 7.11 Å². The highest BCUT2D eigenvalue weighted by Gasteiger charge is 2.45. The van der Waals surface area contributed by atoms with Gasteiger partial charge in [0.2, 0.25) is 0 Å². The van der Waals surface area contributed by atoms with Crippen LogP contribution in [0, 0.1) is 0 Å². The minimum atomic E-state index is -0.644. The number of esters is 1. The van der Waals surface area contributed by atoms with Crippen molar-refractivity contribution in [2.75, 3.05) is 20.3 Å². The largest absolute Gasteiger partial charge is 0.465 e. The standard InChI is InChI=1S/C15H16N2O5/c1-22-15(21)12-6-9(18)7-16(12)8-17-13(19)10-4-2-3-5-11(10)14(17)20/h2-5,9,12,18H,6-8H2,1H3/p+1/t9-,12-/m0/s1. The third kappa shape index (κ3) is 2.28. The molecule has 7 heteroatoms. The molecule has 2 aliphatic heterocycles. The van der Waals surface area contributed by atoms with Crippen molar-refractivity contribution in [1.82, 2.24) is 4.90 Å². The molecule has 2 heterocycles. The van der Waals surface area contributed by atoms with Gasteiger partial charge in [-0.15, -0.1) is 0 Å². The SMILES string of the molecule is COC(=O)[C@@H]1C[C@H](O)C[NH+]1CN1C(=O)c2ccccc2C1=O. The summed E-state index contributed by atoms with van der Waals surface area (Å²) in [7, 11) is 1.28. The number of nitrogens with zero attached hydrogens (tertiary/aromatic N) is 1. The average Bonchev–Trinajstić information content (AvgIpc) is 3.01. The van der Waals surface area contributed by atoms with Crippen LogP contribution in [-0.4, -0.2) is 60.3 Å². The molecule has 22 heavy (non-hydrogen) atoms. The van der Waals surface area contributed by atoms with E-state index in [4.69, 9.17) is 4.74 Å². The molecule has 0 spiro atoms. The molecule has 3 rings (SSSR count). The van der Waals surface area contributed by atoms with Crippen molar-refractivity contribution in [3.8, 4) is 0 Å². The molecule has 116 valence electrons. The Balaban J connectivity index is 1.81. The summed E-state index contributed by atoms with van der Waals surface area (Å²) in [6.45, 7) is 0.344. The van der Waals surface area contributed by atoms with E-state index < -0.39 is 18.1 Å². The first-order valence-corrected chi connectivity index (χ1v) is 7.08. The van der Waals surface area contributed by atoms with E-state index in [2.05, 4.69) is 0 Å². The van der Waals surface area contributed by atoms with E-state index in [0.717, 1.165) is 4.90 Å². The number of methoxy groups -OCH3 is 1. The van der Waals surface area contributed by atoms with Gasteiger partial charge in [0, 0.05) is 6.42 Å². The summed E-state index contributed by atoms with van der Waals surface area (Å²) >= 11 is 0. The number of hydrogen-bond donors (Lipinski definition) is 2. The van der Waals surface area contributed by atoms with Crippen molar-refractivity contribution in [3.05, 3.63) is 35.4 Å². The highest BCUT2D eigenvalue weighted by Crippen LogP contribution is 2.21. The lowest BCUT2D eigenvalue weighted by molar-refractivity contribution is -0.912. The molecule has 0 aliphatic carbocycles. The van der Waals surface area contributed by atoms with E-state index in [9.17, 15) is 19.5 Å². The van der Waals surface area contributed by atoms with Crippen LogP contribution in [0.1, 0.15) is 27.1 Å². The van der Waals surface area contributed by atoms with Gasteiger partial charge in [0.1, 0.15) is 12.6 Å². The Bertz CT molecular complexity index is 610. The van der Waals surface area contributed by atoms with Crippen LogP contribution in [0.3, 0.4) is 0 Å². The minimum absolute atomic E-state index is 0.0448. The molecule has 1 saturated heterocycles. The molecule has 1 aromatic carbocycles. The van der Waals surface area contributed by atoms with Crippen LogP contribution in [0.5, 0.6) is 0 Å². The number of quaternary nitrogens is 1. The first-order chi connectivity index (χ1) is 10.5. The first-order valence-electron chi connectivity index (χ1n) is 7.08. The third-order valence-corrected chi connectivity index (χ3v) is 4.22. The highest BCUT2D eigenvalue weighted by molar-refractivity contribution is 6.21. The van der Waals surface area contributed by atoms with Crippen LogP contribution in [0.25, 0.3) is 0 Å². The van der Waals surface area contributed by atoms with E-state index in [0.29, 0.717) is 22.6 Å². The molecule has 2 N–H and O–H groups in total. The van der Waals surface area contributed by atoms with E-state index in [-0.39, 0.29) is 24.9 Å². The molecule has 7 nitrogen and oxygen atoms in total. The van der Waals surface area contributed by atoms with Crippen LogP contribution in [0.15, 0.2) is 24.3 Å². The predicted molar refractivity (Wildman–Crippen MR) is 74.1 cm³/mol. The Hall–Kier alpha value is -2.25. The lowest BCUT2D eigenvalue weighted by Crippen LogP contribution is -3.16. The number of benzene rings is 1. The Labute approximate surface area is 127 Å². The summed E-state index contributed by atoms with van der Waals surface area (Å²) in [6.07, 6.45) is -0.375. The molecule has 2 amide bonds. The maximum Gasteiger partial charge on any atom is 0.364 e. The molecular formula is C15H17N2O5+. The zero-order chi connectivity index (χ0) is 15.9. The molecule has 1 aromatic rings. The van der Waals surface area contributed by atoms with E-state index >= 15 is 0 Å². The van der Waals surface area contributed by atoms with Gasteiger partial charge in [0.15, 0.2) is 12.7 Å². The number of hydrogen-bond acceptors (Lipinski definition) is 5. The smallest absolute Gasteiger partial charge is 0.364 e. The zero-order valence-corrected chi connectivity index (χ0v) is 12.1. The Morgan fingerprint density at radius 2 is 1.91 bits per heavy atom. The van der Waals surface area contributed by atoms with Crippen molar-refractivity contribution in [2.24, 2.45) is 0 Å². The molecule has 0 saturated carbocycles. The topological polar surface area (TPSA) is 88.3 Å². The van der Waals surface area contributed by atoms with E-state index in [1.807, 2.05) is 0 Å². The number of aliphatic hydroxyl groups is 1. The predicted octanol–water partition coefficient (Wildman–Crippen LogP) is -1.57. The number of rotatable bonds is 3. The summed E-state index contributed by atoms with van der Waals surface area (Å²) in [6, 6.07) is 6.07. The van der Waals surface area contributed by atoms with Gasteiger partial charge >= 0.3 is 5.97 Å². The summed E-state index contributed by atoms with van der Waals surface area (Å²) in [5.41, 5.74) is 0.752. The Kier molecular flexibility index (Phi) is 3.67. The maximum atomic E-state index is 12.3. The fraction of sp³-hybridized carbons (Fsp3) is 0.400. The molecule has 1 fully saturated rings. The monoisotopic (exact) mass is 305 g/mol. The number of carbonyl (C=O) groups is 3. The second kappa shape index (κ2) is 5.51. The molecule has 1 unspecified atom stereocenters. The van der Waals surface area contributed by atoms with Crippen LogP contribution in [0.2, 0.25) is 0 Å². The summed E-state index contributed by atoms with van der Waals surface area (Å²) in [5, 5.41) is 9.78. The van der Waals surface area contributed by atoms with Gasteiger partial charge in [-0.25, -0.2) is 9.69 Å². The van der Waals surface area contributed by atoms with Gasteiger partial charge in [0.25, 0.3) is 11.8 Å². The number of carbonyl (C=O) groups excluding carboxylic acids is 3. The number of aliphatic hydroxyl groups excluding tert-OH is 1. The minimum Gasteiger partial charge on any atom is -0.465 e. The van der Waals surface area contributed by atoms with Gasteiger partial charge < -0.3 is 14.7 Å². The fourth-order valence-electron chi connectivity index (χ4n) is 3.13. The quantitative estimate of drug-likeness (QED) is 0.520. The van der Waals surface area contributed by atoms with Crippen molar-refractivity contribution < 1.29 is 29.1 Å². The summed E-state index contributed by atoms with van der Waals surface area (Å²) < 4.78 is 4.73. The van der Waals surface area contributed by atoms with Crippen LogP contribution in [0.4, 0.5) is 0 Å². The van der Waals surface area contributed by atoms with Gasteiger partial charge in [-0.1, -0.05) is 12.1 Å². The molecular weight excluding hydrogens is 288 g/mol. The van der Waals surface area contributed by atoms with Crippen molar-refractivity contribution in [3.63, 3.8) is 0 Å². The van der Waals surface area contributed by atoms with Gasteiger partial charge in [-0.3, -0.25) is 9.59 Å². The number of imide groups is 1. The number of ether oxygens (including phenoxy) is 1. The van der Waals surface area contributed by atoms with Gasteiger partial charge in [0.05, 0.1) is 18.2 Å². The summed E-state index contributed by atoms with van der Waals surface area (Å²) in [4.78, 5) is 38.2. The lowest BCUT2D eigenvalue weighted by Gasteiger charge is -2.23. The summed E-state index contributed by atoms with van der Waals surface area (Å²) in [5.74, 6) is -1.17.